The molecule has 0 spiro atoms. The molecular formula is C26H36N2O3. The molecule has 5 nitrogen and oxygen atoms in total. The Morgan fingerprint density at radius 1 is 1.06 bits per heavy atom. The Balaban J connectivity index is 2.15. The highest BCUT2D eigenvalue weighted by Gasteiger charge is 2.28. The normalized spacial score (nSPS) is 12.2. The van der Waals surface area contributed by atoms with Crippen LogP contribution in [0.25, 0.3) is 0 Å². The summed E-state index contributed by atoms with van der Waals surface area (Å²) in [6.45, 7) is 13.9. The van der Waals surface area contributed by atoms with E-state index in [1.165, 1.54) is 0 Å². The standard InChI is InChI=1S/C26H36N2O3/c1-18-15-19(2)20(3)23(16-18)31-17-24(29)28(14-13-22-11-9-8-10-12-22)21(4)25(30)27-26(5,6)7/h8-12,15-16,21H,13-14,17H2,1-7H3,(H,27,30)/t21-/m1/s1. The second-order valence-corrected chi connectivity index (χ2v) is 9.23. The minimum absolute atomic E-state index is 0.105. The first kappa shape index (κ1) is 24.4. The van der Waals surface area contributed by atoms with Crippen molar-refractivity contribution in [3.05, 3.63) is 64.7 Å². The number of hydrogen-bond donors (Lipinski definition) is 1. The maximum atomic E-state index is 13.2. The van der Waals surface area contributed by atoms with Crippen LogP contribution in [0, 0.1) is 20.8 Å². The van der Waals surface area contributed by atoms with Gasteiger partial charge in [0.1, 0.15) is 11.8 Å². The number of nitrogens with one attached hydrogen (secondary N) is 1. The largest absolute Gasteiger partial charge is 0.483 e. The van der Waals surface area contributed by atoms with Crippen molar-refractivity contribution in [2.24, 2.45) is 0 Å². The van der Waals surface area contributed by atoms with E-state index in [0.29, 0.717) is 18.7 Å². The van der Waals surface area contributed by atoms with Gasteiger partial charge in [0.2, 0.25) is 5.91 Å². The summed E-state index contributed by atoms with van der Waals surface area (Å²) in [6.07, 6.45) is 0.669. The van der Waals surface area contributed by atoms with Gasteiger partial charge in [-0.2, -0.15) is 0 Å². The van der Waals surface area contributed by atoms with Crippen molar-refractivity contribution in [3.63, 3.8) is 0 Å². The van der Waals surface area contributed by atoms with Crippen LogP contribution in [0.2, 0.25) is 0 Å². The van der Waals surface area contributed by atoms with Crippen molar-refractivity contribution in [1.82, 2.24) is 10.2 Å². The van der Waals surface area contributed by atoms with Gasteiger partial charge in [-0.25, -0.2) is 0 Å². The molecule has 2 amide bonds. The number of aryl methyl sites for hydroxylation is 2. The molecule has 0 saturated carbocycles. The predicted molar refractivity (Wildman–Crippen MR) is 125 cm³/mol. The molecule has 5 heteroatoms. The van der Waals surface area contributed by atoms with Gasteiger partial charge in [-0.15, -0.1) is 0 Å². The molecule has 1 N–H and O–H groups in total. The molecular weight excluding hydrogens is 388 g/mol. The molecule has 0 aliphatic heterocycles. The summed E-state index contributed by atoms with van der Waals surface area (Å²) in [5, 5.41) is 2.98. The first-order chi connectivity index (χ1) is 14.5. The van der Waals surface area contributed by atoms with Gasteiger partial charge in [-0.1, -0.05) is 36.4 Å². The number of amides is 2. The van der Waals surface area contributed by atoms with Gasteiger partial charge in [0.05, 0.1) is 0 Å². The lowest BCUT2D eigenvalue weighted by atomic mass is 10.1. The van der Waals surface area contributed by atoms with Crippen LogP contribution in [0.1, 0.15) is 49.9 Å². The average Bonchev–Trinajstić information content (AvgIpc) is 2.69. The smallest absolute Gasteiger partial charge is 0.261 e. The third-order valence-electron chi connectivity index (χ3n) is 5.26. The van der Waals surface area contributed by atoms with Gasteiger partial charge >= 0.3 is 0 Å². The second-order valence-electron chi connectivity index (χ2n) is 9.23. The Morgan fingerprint density at radius 2 is 1.71 bits per heavy atom. The third kappa shape index (κ3) is 7.42. The molecule has 2 rings (SSSR count). The van der Waals surface area contributed by atoms with Crippen LogP contribution in [0.4, 0.5) is 0 Å². The van der Waals surface area contributed by atoms with Gasteiger partial charge in [0.25, 0.3) is 5.91 Å². The number of hydrogen-bond acceptors (Lipinski definition) is 3. The maximum Gasteiger partial charge on any atom is 0.261 e. The predicted octanol–water partition coefficient (Wildman–Crippen LogP) is 4.37. The zero-order valence-corrected chi connectivity index (χ0v) is 19.9. The summed E-state index contributed by atoms with van der Waals surface area (Å²) in [6, 6.07) is 13.4. The van der Waals surface area contributed by atoms with Crippen molar-refractivity contribution < 1.29 is 14.3 Å². The lowest BCUT2D eigenvalue weighted by Gasteiger charge is -2.31. The fourth-order valence-corrected chi connectivity index (χ4v) is 3.42. The highest BCUT2D eigenvalue weighted by molar-refractivity contribution is 5.88. The molecule has 0 fully saturated rings. The van der Waals surface area contributed by atoms with Crippen LogP contribution in [0.15, 0.2) is 42.5 Å². The lowest BCUT2D eigenvalue weighted by molar-refractivity contribution is -0.142. The van der Waals surface area contributed by atoms with E-state index in [0.717, 1.165) is 22.3 Å². The van der Waals surface area contributed by atoms with E-state index in [4.69, 9.17) is 4.74 Å². The van der Waals surface area contributed by atoms with Crippen molar-refractivity contribution in [3.8, 4) is 5.75 Å². The summed E-state index contributed by atoms with van der Waals surface area (Å²) >= 11 is 0. The molecule has 0 aliphatic rings. The Labute approximate surface area is 186 Å². The fourth-order valence-electron chi connectivity index (χ4n) is 3.42. The van der Waals surface area contributed by atoms with E-state index in [9.17, 15) is 9.59 Å². The van der Waals surface area contributed by atoms with Crippen LogP contribution >= 0.6 is 0 Å². The zero-order chi connectivity index (χ0) is 23.2. The molecule has 0 saturated heterocycles. The van der Waals surface area contributed by atoms with Gasteiger partial charge in [0, 0.05) is 12.1 Å². The van der Waals surface area contributed by atoms with Gasteiger partial charge in [-0.3, -0.25) is 9.59 Å². The summed E-state index contributed by atoms with van der Waals surface area (Å²) in [5.41, 5.74) is 3.99. The van der Waals surface area contributed by atoms with E-state index in [1.54, 1.807) is 11.8 Å². The first-order valence-electron chi connectivity index (χ1n) is 10.8. The summed E-state index contributed by atoms with van der Waals surface area (Å²) in [4.78, 5) is 27.6. The van der Waals surface area contributed by atoms with Crippen molar-refractivity contribution in [2.75, 3.05) is 13.2 Å². The van der Waals surface area contributed by atoms with E-state index in [1.807, 2.05) is 77.9 Å². The van der Waals surface area contributed by atoms with Gasteiger partial charge in [-0.05, 0) is 83.2 Å². The Morgan fingerprint density at radius 3 is 2.32 bits per heavy atom. The van der Waals surface area contributed by atoms with E-state index < -0.39 is 6.04 Å². The monoisotopic (exact) mass is 424 g/mol. The maximum absolute atomic E-state index is 13.2. The van der Waals surface area contributed by atoms with Crippen LogP contribution in [-0.4, -0.2) is 41.4 Å². The SMILES string of the molecule is Cc1cc(C)c(C)c(OCC(=O)N(CCc2ccccc2)[C@H](C)C(=O)NC(C)(C)C)c1. The van der Waals surface area contributed by atoms with Crippen LogP contribution in [-0.2, 0) is 16.0 Å². The van der Waals surface area contributed by atoms with Gasteiger partial charge < -0.3 is 15.0 Å². The van der Waals surface area contributed by atoms with Crippen molar-refractivity contribution in [2.45, 2.75) is 66.5 Å². The molecule has 0 bridgehead atoms. The average molecular weight is 425 g/mol. The Bertz CT molecular complexity index is 901. The minimum atomic E-state index is -0.598. The topological polar surface area (TPSA) is 58.6 Å². The number of ether oxygens (including phenoxy) is 1. The Hall–Kier alpha value is -2.82. The van der Waals surface area contributed by atoms with Crippen LogP contribution in [0.3, 0.4) is 0 Å². The fraction of sp³-hybridized carbons (Fsp3) is 0.462. The molecule has 0 radical (unpaired) electrons. The first-order valence-corrected chi connectivity index (χ1v) is 10.8. The molecule has 2 aromatic carbocycles. The number of rotatable bonds is 8. The highest BCUT2D eigenvalue weighted by Crippen LogP contribution is 2.23. The summed E-state index contributed by atoms with van der Waals surface area (Å²) < 4.78 is 5.90. The van der Waals surface area contributed by atoms with E-state index in [2.05, 4.69) is 11.4 Å². The minimum Gasteiger partial charge on any atom is -0.483 e. The molecule has 1 atom stereocenters. The van der Waals surface area contributed by atoms with Crippen LogP contribution in [0.5, 0.6) is 5.75 Å². The number of carbonyl (C=O) groups is 2. The summed E-state index contributed by atoms with van der Waals surface area (Å²) in [7, 11) is 0. The molecule has 0 unspecified atom stereocenters. The zero-order valence-electron chi connectivity index (χ0n) is 19.9. The number of nitrogens with zero attached hydrogens (tertiary/aromatic N) is 1. The van der Waals surface area contributed by atoms with E-state index in [-0.39, 0.29) is 24.0 Å². The van der Waals surface area contributed by atoms with Crippen LogP contribution < -0.4 is 10.1 Å². The number of carbonyl (C=O) groups excluding carboxylic acids is 2. The molecule has 31 heavy (non-hydrogen) atoms. The second kappa shape index (κ2) is 10.5. The van der Waals surface area contributed by atoms with Crippen molar-refractivity contribution in [1.29, 1.82) is 0 Å². The quantitative estimate of drug-likeness (QED) is 0.685. The molecule has 0 aliphatic carbocycles. The van der Waals surface area contributed by atoms with Crippen molar-refractivity contribution >= 4 is 11.8 Å². The van der Waals surface area contributed by atoms with Gasteiger partial charge in [0.15, 0.2) is 6.61 Å². The van der Waals surface area contributed by atoms with E-state index >= 15 is 0 Å². The molecule has 0 heterocycles. The molecule has 2 aromatic rings. The Kier molecular flexibility index (Phi) is 8.26. The summed E-state index contributed by atoms with van der Waals surface area (Å²) in [5.74, 6) is 0.336. The lowest BCUT2D eigenvalue weighted by Crippen LogP contribution is -2.53. The number of benzene rings is 2. The third-order valence-corrected chi connectivity index (χ3v) is 5.26. The highest BCUT2D eigenvalue weighted by atomic mass is 16.5. The molecule has 168 valence electrons. The molecule has 0 aromatic heterocycles.